The molecule has 0 aromatic heterocycles. The van der Waals surface area contributed by atoms with Crippen LogP contribution < -0.4 is 0 Å². The molecule has 0 atom stereocenters. The number of amides is 1. The maximum absolute atomic E-state index is 13.4. The monoisotopic (exact) mass is 483 g/mol. The van der Waals surface area contributed by atoms with Gasteiger partial charge in [-0.2, -0.15) is 4.31 Å². The Labute approximate surface area is 194 Å². The van der Waals surface area contributed by atoms with Gasteiger partial charge in [-0.15, -0.1) is 0 Å². The summed E-state index contributed by atoms with van der Waals surface area (Å²) >= 11 is 12.6. The zero-order valence-corrected chi connectivity index (χ0v) is 20.1. The lowest BCUT2D eigenvalue weighted by atomic mass is 10.2. The highest BCUT2D eigenvalue weighted by molar-refractivity contribution is 7.89. The Balaban J connectivity index is 1.89. The van der Waals surface area contributed by atoms with Crippen molar-refractivity contribution in [1.29, 1.82) is 0 Å². The Bertz CT molecular complexity index is 1000. The maximum atomic E-state index is 13.4. The highest BCUT2D eigenvalue weighted by Gasteiger charge is 2.30. The number of aryl methyl sites for hydroxylation is 1. The minimum absolute atomic E-state index is 0.0879. The highest BCUT2D eigenvalue weighted by Crippen LogP contribution is 2.28. The van der Waals surface area contributed by atoms with Gasteiger partial charge in [-0.05, 0) is 37.7 Å². The van der Waals surface area contributed by atoms with Gasteiger partial charge < -0.3 is 9.80 Å². The van der Waals surface area contributed by atoms with Crippen molar-refractivity contribution in [3.8, 4) is 0 Å². The fourth-order valence-corrected chi connectivity index (χ4v) is 5.38. The molecule has 2 aromatic carbocycles. The van der Waals surface area contributed by atoms with E-state index in [2.05, 4.69) is 11.8 Å². The lowest BCUT2D eigenvalue weighted by Gasteiger charge is -2.35. The number of halogens is 2. The SMILES string of the molecule is CCN1CCN(C(=O)CN(Cc2c(Cl)cccc2Cl)S(=O)(=O)c2ccc(C)cc2)CC1. The molecule has 1 heterocycles. The van der Waals surface area contributed by atoms with Crippen LogP contribution >= 0.6 is 23.2 Å². The van der Waals surface area contributed by atoms with E-state index in [9.17, 15) is 13.2 Å². The Morgan fingerprint density at radius 2 is 1.58 bits per heavy atom. The van der Waals surface area contributed by atoms with E-state index in [4.69, 9.17) is 23.2 Å². The Morgan fingerprint density at radius 1 is 1.00 bits per heavy atom. The zero-order chi connectivity index (χ0) is 22.6. The number of rotatable bonds is 7. The van der Waals surface area contributed by atoms with Gasteiger partial charge in [0.15, 0.2) is 0 Å². The van der Waals surface area contributed by atoms with E-state index in [1.165, 1.54) is 4.31 Å². The molecule has 1 fully saturated rings. The molecule has 1 saturated heterocycles. The fourth-order valence-electron chi connectivity index (χ4n) is 3.51. The number of benzene rings is 2. The summed E-state index contributed by atoms with van der Waals surface area (Å²) in [5, 5.41) is 0.723. The molecule has 1 aliphatic rings. The van der Waals surface area contributed by atoms with E-state index in [0.717, 1.165) is 25.2 Å². The van der Waals surface area contributed by atoms with E-state index in [0.29, 0.717) is 28.7 Å². The molecule has 0 unspecified atom stereocenters. The molecule has 1 aliphatic heterocycles. The first-order valence-corrected chi connectivity index (χ1v) is 12.4. The summed E-state index contributed by atoms with van der Waals surface area (Å²) in [7, 11) is -3.94. The highest BCUT2D eigenvalue weighted by atomic mass is 35.5. The molecule has 3 rings (SSSR count). The lowest BCUT2D eigenvalue weighted by molar-refractivity contribution is -0.133. The van der Waals surface area contributed by atoms with Crippen molar-refractivity contribution in [2.75, 3.05) is 39.3 Å². The number of hydrogen-bond donors (Lipinski definition) is 0. The predicted octanol–water partition coefficient (Wildman–Crippen LogP) is 3.66. The quantitative estimate of drug-likeness (QED) is 0.602. The van der Waals surface area contributed by atoms with Gasteiger partial charge in [0.05, 0.1) is 11.4 Å². The summed E-state index contributed by atoms with van der Waals surface area (Å²) < 4.78 is 28.1. The summed E-state index contributed by atoms with van der Waals surface area (Å²) in [4.78, 5) is 17.1. The second-order valence-electron chi connectivity index (χ2n) is 7.60. The fraction of sp³-hybridized carbons (Fsp3) is 0.409. The molecule has 0 spiro atoms. The Hall–Kier alpha value is -1.64. The van der Waals surface area contributed by atoms with Crippen molar-refractivity contribution in [2.24, 2.45) is 0 Å². The molecule has 0 saturated carbocycles. The zero-order valence-electron chi connectivity index (χ0n) is 17.7. The van der Waals surface area contributed by atoms with Crippen LogP contribution in [0.15, 0.2) is 47.4 Å². The average Bonchev–Trinajstić information content (AvgIpc) is 2.75. The van der Waals surface area contributed by atoms with Gasteiger partial charge in [-0.1, -0.05) is 53.9 Å². The maximum Gasteiger partial charge on any atom is 0.243 e. The number of carbonyl (C=O) groups is 1. The molecular formula is C22H27Cl2N3O3S. The van der Waals surface area contributed by atoms with Gasteiger partial charge in [-0.3, -0.25) is 4.79 Å². The van der Waals surface area contributed by atoms with Crippen LogP contribution in [0.1, 0.15) is 18.1 Å². The summed E-state index contributed by atoms with van der Waals surface area (Å²) in [5.41, 5.74) is 1.43. The van der Waals surface area contributed by atoms with Crippen LogP contribution in [0.5, 0.6) is 0 Å². The van der Waals surface area contributed by atoms with Crippen LogP contribution in [0, 0.1) is 6.92 Å². The van der Waals surface area contributed by atoms with Gasteiger partial charge >= 0.3 is 0 Å². The van der Waals surface area contributed by atoms with Crippen LogP contribution in [-0.4, -0.2) is 67.7 Å². The second kappa shape index (κ2) is 10.3. The summed E-state index contributed by atoms with van der Waals surface area (Å²) in [6.07, 6.45) is 0. The molecule has 0 aliphatic carbocycles. The Kier molecular flexibility index (Phi) is 7.99. The van der Waals surface area contributed by atoms with Crippen LogP contribution in [0.2, 0.25) is 10.0 Å². The normalized spacial score (nSPS) is 15.5. The number of piperazine rings is 1. The van der Waals surface area contributed by atoms with Crippen molar-refractivity contribution in [2.45, 2.75) is 25.3 Å². The van der Waals surface area contributed by atoms with Gasteiger partial charge in [0.25, 0.3) is 0 Å². The van der Waals surface area contributed by atoms with Gasteiger partial charge in [0.2, 0.25) is 15.9 Å². The number of carbonyl (C=O) groups excluding carboxylic acids is 1. The summed E-state index contributed by atoms with van der Waals surface area (Å²) in [5.74, 6) is -0.227. The van der Waals surface area contributed by atoms with E-state index in [-0.39, 0.29) is 23.9 Å². The van der Waals surface area contributed by atoms with Crippen molar-refractivity contribution >= 4 is 39.1 Å². The first-order chi connectivity index (χ1) is 14.7. The molecule has 0 N–H and O–H groups in total. The van der Waals surface area contributed by atoms with E-state index in [1.807, 2.05) is 6.92 Å². The topological polar surface area (TPSA) is 60.9 Å². The van der Waals surface area contributed by atoms with Gasteiger partial charge in [0.1, 0.15) is 0 Å². The molecule has 31 heavy (non-hydrogen) atoms. The largest absolute Gasteiger partial charge is 0.339 e. The predicted molar refractivity (Wildman–Crippen MR) is 124 cm³/mol. The molecular weight excluding hydrogens is 457 g/mol. The third kappa shape index (κ3) is 5.79. The third-order valence-electron chi connectivity index (χ3n) is 5.54. The lowest BCUT2D eigenvalue weighted by Crippen LogP contribution is -2.51. The van der Waals surface area contributed by atoms with Crippen LogP contribution in [0.25, 0.3) is 0 Å². The molecule has 0 bridgehead atoms. The van der Waals surface area contributed by atoms with E-state index >= 15 is 0 Å². The summed E-state index contributed by atoms with van der Waals surface area (Å²) in [6, 6.07) is 11.6. The van der Waals surface area contributed by atoms with Crippen LogP contribution in [-0.2, 0) is 21.4 Å². The summed E-state index contributed by atoms with van der Waals surface area (Å²) in [6.45, 7) is 7.26. The van der Waals surface area contributed by atoms with E-state index < -0.39 is 10.0 Å². The molecule has 2 aromatic rings. The molecule has 1 amide bonds. The Morgan fingerprint density at radius 3 is 2.13 bits per heavy atom. The van der Waals surface area contributed by atoms with Crippen molar-refractivity contribution < 1.29 is 13.2 Å². The second-order valence-corrected chi connectivity index (χ2v) is 10.4. The van der Waals surface area contributed by atoms with Crippen molar-refractivity contribution in [3.05, 3.63) is 63.6 Å². The van der Waals surface area contributed by atoms with Crippen molar-refractivity contribution in [1.82, 2.24) is 14.1 Å². The smallest absolute Gasteiger partial charge is 0.243 e. The number of likely N-dealkylation sites (N-methyl/N-ethyl adjacent to an activating group) is 1. The standard InChI is InChI=1S/C22H27Cl2N3O3S/c1-3-25-11-13-26(14-12-25)22(28)16-27(15-19-20(23)5-4-6-21(19)24)31(29,30)18-9-7-17(2)8-10-18/h4-10H,3,11-16H2,1-2H3. The first-order valence-electron chi connectivity index (χ1n) is 10.2. The number of sulfonamides is 1. The van der Waals surface area contributed by atoms with Gasteiger partial charge in [0, 0.05) is 48.3 Å². The molecule has 9 heteroatoms. The molecule has 168 valence electrons. The minimum Gasteiger partial charge on any atom is -0.339 e. The minimum atomic E-state index is -3.94. The van der Waals surface area contributed by atoms with Crippen LogP contribution in [0.3, 0.4) is 0 Å². The van der Waals surface area contributed by atoms with Gasteiger partial charge in [-0.25, -0.2) is 8.42 Å². The first kappa shape index (κ1) is 24.0. The average molecular weight is 484 g/mol. The van der Waals surface area contributed by atoms with E-state index in [1.54, 1.807) is 47.4 Å². The third-order valence-corrected chi connectivity index (χ3v) is 8.05. The number of nitrogens with zero attached hydrogens (tertiary/aromatic N) is 3. The van der Waals surface area contributed by atoms with Crippen LogP contribution in [0.4, 0.5) is 0 Å². The number of hydrogen-bond acceptors (Lipinski definition) is 4. The molecule has 0 radical (unpaired) electrons. The molecule has 6 nitrogen and oxygen atoms in total. The van der Waals surface area contributed by atoms with Crippen molar-refractivity contribution in [3.63, 3.8) is 0 Å².